The van der Waals surface area contributed by atoms with Crippen LogP contribution >= 0.6 is 11.6 Å². The Morgan fingerprint density at radius 2 is 2.12 bits per heavy atom. The highest BCUT2D eigenvalue weighted by Crippen LogP contribution is 2.26. The molecule has 0 atom stereocenters. The summed E-state index contributed by atoms with van der Waals surface area (Å²) in [5.74, 6) is 0.883. The molecule has 0 spiro atoms. The summed E-state index contributed by atoms with van der Waals surface area (Å²) in [5, 5.41) is 0.718. The van der Waals surface area contributed by atoms with E-state index in [2.05, 4.69) is 4.98 Å². The minimum absolute atomic E-state index is 0.626. The fourth-order valence-corrected chi connectivity index (χ4v) is 1.94. The maximum atomic E-state index is 6.14. The molecule has 3 nitrogen and oxygen atoms in total. The molecule has 2 N–H and O–H groups in total. The highest BCUT2D eigenvalue weighted by Gasteiger charge is 2.10. The Hall–Kier alpha value is -1.32. The first-order valence-electron chi connectivity index (χ1n) is 5.19. The Labute approximate surface area is 99.9 Å². The summed E-state index contributed by atoms with van der Waals surface area (Å²) in [6.45, 7) is 0.626. The number of aromatic nitrogens is 2. The van der Waals surface area contributed by atoms with Crippen LogP contribution in [0.3, 0.4) is 0 Å². The Morgan fingerprint density at radius 1 is 1.38 bits per heavy atom. The van der Waals surface area contributed by atoms with E-state index in [1.54, 1.807) is 0 Å². The van der Waals surface area contributed by atoms with E-state index in [4.69, 9.17) is 17.3 Å². The van der Waals surface area contributed by atoms with Gasteiger partial charge in [0.2, 0.25) is 0 Å². The van der Waals surface area contributed by atoms with Crippen LogP contribution in [0.25, 0.3) is 11.4 Å². The van der Waals surface area contributed by atoms with Crippen LogP contribution in [0.4, 0.5) is 0 Å². The van der Waals surface area contributed by atoms with E-state index in [-0.39, 0.29) is 0 Å². The van der Waals surface area contributed by atoms with Gasteiger partial charge in [0.15, 0.2) is 0 Å². The van der Waals surface area contributed by atoms with Gasteiger partial charge in [0.05, 0.1) is 5.02 Å². The molecule has 0 unspecified atom stereocenters. The number of imidazole rings is 1. The third-order valence-electron chi connectivity index (χ3n) is 2.60. The summed E-state index contributed by atoms with van der Waals surface area (Å²) < 4.78 is 2.04. The Balaban J connectivity index is 2.45. The van der Waals surface area contributed by atoms with Crippen molar-refractivity contribution in [2.75, 3.05) is 6.54 Å². The van der Waals surface area contributed by atoms with Gasteiger partial charge in [0.1, 0.15) is 5.82 Å². The highest BCUT2D eigenvalue weighted by molar-refractivity contribution is 6.33. The topological polar surface area (TPSA) is 43.8 Å². The molecule has 0 amide bonds. The van der Waals surface area contributed by atoms with E-state index in [0.717, 1.165) is 28.5 Å². The minimum atomic E-state index is 0.626. The zero-order valence-electron chi connectivity index (χ0n) is 9.15. The lowest BCUT2D eigenvalue weighted by atomic mass is 10.2. The monoisotopic (exact) mass is 235 g/mol. The average Bonchev–Trinajstić information content (AvgIpc) is 2.62. The molecule has 1 heterocycles. The normalized spacial score (nSPS) is 10.7. The molecule has 0 aliphatic rings. The SMILES string of the molecule is Cn1c(CCN)cnc1-c1ccccc1Cl. The number of hydrogen-bond acceptors (Lipinski definition) is 2. The fourth-order valence-electron chi connectivity index (χ4n) is 1.72. The quantitative estimate of drug-likeness (QED) is 0.887. The van der Waals surface area contributed by atoms with Gasteiger partial charge in [-0.3, -0.25) is 0 Å². The van der Waals surface area contributed by atoms with E-state index < -0.39 is 0 Å². The van der Waals surface area contributed by atoms with Gasteiger partial charge >= 0.3 is 0 Å². The zero-order valence-corrected chi connectivity index (χ0v) is 9.91. The van der Waals surface area contributed by atoms with Crippen molar-refractivity contribution in [3.63, 3.8) is 0 Å². The van der Waals surface area contributed by atoms with Crippen LogP contribution in [0.15, 0.2) is 30.5 Å². The zero-order chi connectivity index (χ0) is 11.5. The third kappa shape index (κ3) is 1.96. The first kappa shape index (κ1) is 11.2. The number of hydrogen-bond donors (Lipinski definition) is 1. The molecule has 0 fully saturated rings. The maximum Gasteiger partial charge on any atom is 0.141 e. The summed E-state index contributed by atoms with van der Waals surface area (Å²) in [7, 11) is 1.98. The van der Waals surface area contributed by atoms with Gasteiger partial charge in [-0.15, -0.1) is 0 Å². The van der Waals surface area contributed by atoms with E-state index in [1.165, 1.54) is 0 Å². The van der Waals surface area contributed by atoms with Gasteiger partial charge in [-0.05, 0) is 18.7 Å². The molecule has 0 saturated heterocycles. The van der Waals surface area contributed by atoms with Crippen molar-refractivity contribution in [3.8, 4) is 11.4 Å². The Kier molecular flexibility index (Phi) is 3.27. The molecule has 1 aromatic carbocycles. The second-order valence-electron chi connectivity index (χ2n) is 3.65. The predicted octanol–water partition coefficient (Wildman–Crippen LogP) is 2.24. The van der Waals surface area contributed by atoms with Crippen LogP contribution in [0.2, 0.25) is 5.02 Å². The lowest BCUT2D eigenvalue weighted by Crippen LogP contribution is -2.07. The maximum absolute atomic E-state index is 6.14. The molecule has 0 saturated carbocycles. The smallest absolute Gasteiger partial charge is 0.141 e. The van der Waals surface area contributed by atoms with Crippen molar-refractivity contribution in [2.24, 2.45) is 12.8 Å². The number of halogens is 1. The van der Waals surface area contributed by atoms with Crippen LogP contribution in [0.1, 0.15) is 5.69 Å². The summed E-state index contributed by atoms with van der Waals surface area (Å²) in [6, 6.07) is 7.71. The molecule has 1 aromatic heterocycles. The van der Waals surface area contributed by atoms with Crippen LogP contribution < -0.4 is 5.73 Å². The average molecular weight is 236 g/mol. The largest absolute Gasteiger partial charge is 0.331 e. The van der Waals surface area contributed by atoms with Gasteiger partial charge in [0, 0.05) is 30.9 Å². The second kappa shape index (κ2) is 4.68. The lowest BCUT2D eigenvalue weighted by Gasteiger charge is -2.06. The first-order chi connectivity index (χ1) is 7.74. The lowest BCUT2D eigenvalue weighted by molar-refractivity contribution is 0.811. The van der Waals surface area contributed by atoms with Gasteiger partial charge in [-0.1, -0.05) is 23.7 Å². The summed E-state index contributed by atoms with van der Waals surface area (Å²) in [5.41, 5.74) is 7.62. The standard InChI is InChI=1S/C12H14ClN3/c1-16-9(6-7-14)8-15-12(16)10-4-2-3-5-11(10)13/h2-5,8H,6-7,14H2,1H3. The highest BCUT2D eigenvalue weighted by atomic mass is 35.5. The van der Waals surface area contributed by atoms with Crippen LogP contribution in [0.5, 0.6) is 0 Å². The minimum Gasteiger partial charge on any atom is -0.331 e. The van der Waals surface area contributed by atoms with E-state index in [0.29, 0.717) is 6.54 Å². The van der Waals surface area contributed by atoms with Crippen LogP contribution in [-0.2, 0) is 13.5 Å². The fraction of sp³-hybridized carbons (Fsp3) is 0.250. The molecule has 2 rings (SSSR count). The first-order valence-corrected chi connectivity index (χ1v) is 5.57. The molecule has 4 heteroatoms. The van der Waals surface area contributed by atoms with E-state index >= 15 is 0 Å². The van der Waals surface area contributed by atoms with E-state index in [9.17, 15) is 0 Å². The second-order valence-corrected chi connectivity index (χ2v) is 4.06. The summed E-state index contributed by atoms with van der Waals surface area (Å²) >= 11 is 6.14. The number of benzene rings is 1. The van der Waals surface area contributed by atoms with Crippen molar-refractivity contribution < 1.29 is 0 Å². The molecular formula is C12H14ClN3. The Bertz CT molecular complexity index is 491. The number of rotatable bonds is 3. The number of nitrogens with zero attached hydrogens (tertiary/aromatic N) is 2. The van der Waals surface area contributed by atoms with Crippen molar-refractivity contribution in [1.82, 2.24) is 9.55 Å². The van der Waals surface area contributed by atoms with Gasteiger partial charge in [-0.25, -0.2) is 4.98 Å². The summed E-state index contributed by atoms with van der Waals surface area (Å²) in [6.07, 6.45) is 2.68. The van der Waals surface area contributed by atoms with E-state index in [1.807, 2.05) is 42.1 Å². The molecule has 0 radical (unpaired) electrons. The van der Waals surface area contributed by atoms with Crippen molar-refractivity contribution in [1.29, 1.82) is 0 Å². The van der Waals surface area contributed by atoms with Crippen molar-refractivity contribution >= 4 is 11.6 Å². The molecule has 2 aromatic rings. The van der Waals surface area contributed by atoms with Crippen molar-refractivity contribution in [3.05, 3.63) is 41.2 Å². The molecule has 0 aliphatic carbocycles. The third-order valence-corrected chi connectivity index (χ3v) is 2.93. The molecular weight excluding hydrogens is 222 g/mol. The molecule has 0 bridgehead atoms. The number of nitrogens with two attached hydrogens (primary N) is 1. The van der Waals surface area contributed by atoms with Gasteiger partial charge in [-0.2, -0.15) is 0 Å². The predicted molar refractivity (Wildman–Crippen MR) is 66.4 cm³/mol. The molecule has 0 aliphatic heterocycles. The van der Waals surface area contributed by atoms with Crippen molar-refractivity contribution in [2.45, 2.75) is 6.42 Å². The molecule has 84 valence electrons. The van der Waals surface area contributed by atoms with Crippen LogP contribution in [0, 0.1) is 0 Å². The van der Waals surface area contributed by atoms with Crippen LogP contribution in [-0.4, -0.2) is 16.1 Å². The van der Waals surface area contributed by atoms with Gasteiger partial charge in [0.25, 0.3) is 0 Å². The molecule has 16 heavy (non-hydrogen) atoms. The Morgan fingerprint density at radius 3 is 2.81 bits per heavy atom. The van der Waals surface area contributed by atoms with Gasteiger partial charge < -0.3 is 10.3 Å². The summed E-state index contributed by atoms with van der Waals surface area (Å²) in [4.78, 5) is 4.39.